The van der Waals surface area contributed by atoms with Gasteiger partial charge in [-0.05, 0) is 20.8 Å². The smallest absolute Gasteiger partial charge is 0.242 e. The Kier molecular flexibility index (Phi) is 2.55. The molecular formula is C10H11N3O. The summed E-state index contributed by atoms with van der Waals surface area (Å²) in [7, 11) is 0. The number of isocyanates is 1. The Morgan fingerprint density at radius 2 is 2.14 bits per heavy atom. The normalized spacial score (nSPS) is 10.4. The van der Waals surface area contributed by atoms with Crippen molar-refractivity contribution in [2.24, 2.45) is 4.99 Å². The number of carbonyl (C=O) groups excluding carboxylic acids is 1. The van der Waals surface area contributed by atoms with Crippen LogP contribution in [-0.2, 0) is 10.3 Å². The molecule has 0 aliphatic rings. The van der Waals surface area contributed by atoms with E-state index in [4.69, 9.17) is 5.26 Å². The molecule has 1 aromatic heterocycles. The van der Waals surface area contributed by atoms with Gasteiger partial charge in [-0.1, -0.05) is 0 Å². The maximum absolute atomic E-state index is 10.2. The molecule has 0 atom stereocenters. The van der Waals surface area contributed by atoms with E-state index in [1.54, 1.807) is 16.8 Å². The second kappa shape index (κ2) is 3.49. The van der Waals surface area contributed by atoms with Gasteiger partial charge in [0.25, 0.3) is 0 Å². The zero-order valence-electron chi connectivity index (χ0n) is 8.40. The molecule has 0 N–H and O–H groups in total. The zero-order chi connectivity index (χ0) is 10.8. The van der Waals surface area contributed by atoms with Crippen molar-refractivity contribution in [3.63, 3.8) is 0 Å². The van der Waals surface area contributed by atoms with Gasteiger partial charge in [-0.3, -0.25) is 0 Å². The minimum Gasteiger partial charge on any atom is -0.326 e. The van der Waals surface area contributed by atoms with Crippen LogP contribution in [0.25, 0.3) is 0 Å². The third-order valence-corrected chi connectivity index (χ3v) is 1.81. The maximum Gasteiger partial charge on any atom is 0.242 e. The SMILES string of the molecule is CC(C)(C)n1cc(C#N)cc1N=C=O. The zero-order valence-corrected chi connectivity index (χ0v) is 8.40. The molecule has 0 saturated carbocycles. The highest BCUT2D eigenvalue weighted by Gasteiger charge is 2.17. The van der Waals surface area contributed by atoms with E-state index < -0.39 is 0 Å². The molecule has 14 heavy (non-hydrogen) atoms. The van der Waals surface area contributed by atoms with Gasteiger partial charge in [-0.15, -0.1) is 4.99 Å². The molecule has 0 unspecified atom stereocenters. The molecular weight excluding hydrogens is 178 g/mol. The van der Waals surface area contributed by atoms with Crippen molar-refractivity contribution in [1.29, 1.82) is 5.26 Å². The molecule has 0 radical (unpaired) electrons. The van der Waals surface area contributed by atoms with Crippen LogP contribution in [0.4, 0.5) is 5.82 Å². The van der Waals surface area contributed by atoms with Crippen LogP contribution in [-0.4, -0.2) is 10.6 Å². The van der Waals surface area contributed by atoms with Crippen LogP contribution >= 0.6 is 0 Å². The number of rotatable bonds is 1. The van der Waals surface area contributed by atoms with Crippen molar-refractivity contribution in [3.05, 3.63) is 17.8 Å². The molecule has 0 aliphatic heterocycles. The summed E-state index contributed by atoms with van der Waals surface area (Å²) >= 11 is 0. The second-order valence-electron chi connectivity index (χ2n) is 3.94. The fourth-order valence-electron chi connectivity index (χ4n) is 1.18. The molecule has 1 aromatic rings. The Morgan fingerprint density at radius 1 is 1.50 bits per heavy atom. The minimum absolute atomic E-state index is 0.204. The van der Waals surface area contributed by atoms with Gasteiger partial charge in [-0.25, -0.2) is 4.79 Å². The highest BCUT2D eigenvalue weighted by molar-refractivity contribution is 5.49. The average Bonchev–Trinajstić information content (AvgIpc) is 2.48. The monoisotopic (exact) mass is 189 g/mol. The first-order chi connectivity index (χ1) is 6.49. The van der Waals surface area contributed by atoms with E-state index in [-0.39, 0.29) is 5.54 Å². The first-order valence-electron chi connectivity index (χ1n) is 4.20. The molecule has 0 aromatic carbocycles. The van der Waals surface area contributed by atoms with E-state index >= 15 is 0 Å². The largest absolute Gasteiger partial charge is 0.326 e. The topological polar surface area (TPSA) is 58.1 Å². The summed E-state index contributed by atoms with van der Waals surface area (Å²) in [4.78, 5) is 13.7. The minimum atomic E-state index is -0.204. The quantitative estimate of drug-likeness (QED) is 0.501. The average molecular weight is 189 g/mol. The fourth-order valence-corrected chi connectivity index (χ4v) is 1.18. The third-order valence-electron chi connectivity index (χ3n) is 1.81. The highest BCUT2D eigenvalue weighted by Crippen LogP contribution is 2.25. The molecule has 0 amide bonds. The first kappa shape index (κ1) is 10.2. The number of aliphatic imine (C=N–C) groups is 1. The van der Waals surface area contributed by atoms with Crippen LogP contribution in [0.1, 0.15) is 26.3 Å². The Morgan fingerprint density at radius 3 is 2.57 bits per heavy atom. The number of aromatic nitrogens is 1. The van der Waals surface area contributed by atoms with Crippen molar-refractivity contribution < 1.29 is 4.79 Å². The summed E-state index contributed by atoms with van der Waals surface area (Å²) in [6.45, 7) is 5.91. The van der Waals surface area contributed by atoms with E-state index in [0.717, 1.165) is 0 Å². The van der Waals surface area contributed by atoms with Crippen molar-refractivity contribution >= 4 is 11.9 Å². The van der Waals surface area contributed by atoms with Crippen molar-refractivity contribution in [2.75, 3.05) is 0 Å². The Hall–Kier alpha value is -1.85. The van der Waals surface area contributed by atoms with Gasteiger partial charge in [-0.2, -0.15) is 5.26 Å². The molecule has 1 rings (SSSR count). The van der Waals surface area contributed by atoms with Crippen LogP contribution in [0.2, 0.25) is 0 Å². The van der Waals surface area contributed by atoms with Gasteiger partial charge in [0.15, 0.2) is 0 Å². The van der Waals surface area contributed by atoms with Crippen molar-refractivity contribution in [3.8, 4) is 6.07 Å². The highest BCUT2D eigenvalue weighted by atomic mass is 16.1. The molecule has 72 valence electrons. The van der Waals surface area contributed by atoms with Gasteiger partial charge in [0, 0.05) is 17.8 Å². The Labute approximate surface area is 82.5 Å². The van der Waals surface area contributed by atoms with Crippen LogP contribution < -0.4 is 0 Å². The Balaban J connectivity index is 3.35. The predicted octanol–water partition coefficient (Wildman–Crippen LogP) is 2.08. The maximum atomic E-state index is 10.2. The summed E-state index contributed by atoms with van der Waals surface area (Å²) in [5.41, 5.74) is 0.291. The van der Waals surface area contributed by atoms with Gasteiger partial charge >= 0.3 is 0 Å². The summed E-state index contributed by atoms with van der Waals surface area (Å²) in [5, 5.41) is 8.71. The first-order valence-corrected chi connectivity index (χ1v) is 4.20. The second-order valence-corrected chi connectivity index (χ2v) is 3.94. The summed E-state index contributed by atoms with van der Waals surface area (Å²) < 4.78 is 1.77. The van der Waals surface area contributed by atoms with Crippen LogP contribution in [0.5, 0.6) is 0 Å². The van der Waals surface area contributed by atoms with E-state index in [0.29, 0.717) is 11.4 Å². The van der Waals surface area contributed by atoms with E-state index in [2.05, 4.69) is 4.99 Å². The molecule has 4 heteroatoms. The third kappa shape index (κ3) is 1.90. The lowest BCUT2D eigenvalue weighted by molar-refractivity contribution is 0.402. The van der Waals surface area contributed by atoms with Gasteiger partial charge in [0.05, 0.1) is 5.56 Å². The van der Waals surface area contributed by atoms with Gasteiger partial charge in [0.1, 0.15) is 11.9 Å². The summed E-state index contributed by atoms with van der Waals surface area (Å²) in [6, 6.07) is 3.57. The van der Waals surface area contributed by atoms with E-state index in [9.17, 15) is 4.79 Å². The van der Waals surface area contributed by atoms with Gasteiger partial charge in [0.2, 0.25) is 6.08 Å². The standard InChI is InChI=1S/C10H11N3O/c1-10(2,3)13-6-8(5-11)4-9(13)12-7-14/h4,6H,1-3H3. The van der Waals surface area contributed by atoms with Crippen molar-refractivity contribution in [2.45, 2.75) is 26.3 Å². The van der Waals surface area contributed by atoms with Crippen molar-refractivity contribution in [1.82, 2.24) is 4.57 Å². The summed E-state index contributed by atoms with van der Waals surface area (Å²) in [6.07, 6.45) is 3.16. The van der Waals surface area contributed by atoms with Crippen LogP contribution in [0.3, 0.4) is 0 Å². The summed E-state index contributed by atoms with van der Waals surface area (Å²) in [5.74, 6) is 0.462. The van der Waals surface area contributed by atoms with Crippen LogP contribution in [0.15, 0.2) is 17.3 Å². The molecule has 4 nitrogen and oxygen atoms in total. The Bertz CT molecular complexity index is 425. The molecule has 0 fully saturated rings. The molecule has 0 aliphatic carbocycles. The molecule has 0 saturated heterocycles. The predicted molar refractivity (Wildman–Crippen MR) is 51.9 cm³/mol. The van der Waals surface area contributed by atoms with Gasteiger partial charge < -0.3 is 4.57 Å². The molecule has 1 heterocycles. The molecule has 0 bridgehead atoms. The number of nitriles is 1. The fraction of sp³-hybridized carbons (Fsp3) is 0.400. The van der Waals surface area contributed by atoms with Crippen LogP contribution in [0, 0.1) is 11.3 Å². The lowest BCUT2D eigenvalue weighted by atomic mass is 10.1. The number of hydrogen-bond acceptors (Lipinski definition) is 3. The molecule has 0 spiro atoms. The van der Waals surface area contributed by atoms with E-state index in [1.165, 1.54) is 6.08 Å². The number of hydrogen-bond donors (Lipinski definition) is 0. The van der Waals surface area contributed by atoms with E-state index in [1.807, 2.05) is 26.8 Å². The lowest BCUT2D eigenvalue weighted by Crippen LogP contribution is -2.20. The lowest BCUT2D eigenvalue weighted by Gasteiger charge is -2.22. The number of nitrogens with zero attached hydrogens (tertiary/aromatic N) is 3.